The summed E-state index contributed by atoms with van der Waals surface area (Å²) in [5, 5.41) is 12.6. The van der Waals surface area contributed by atoms with E-state index in [-0.39, 0.29) is 5.91 Å². The maximum Gasteiger partial charge on any atom is 0.255 e. The fourth-order valence-corrected chi connectivity index (χ4v) is 5.56. The molecule has 0 spiro atoms. The number of hydrogen-bond donors (Lipinski definition) is 2. The Morgan fingerprint density at radius 3 is 2.49 bits per heavy atom. The number of thioether (sulfide) groups is 1. The average molecular weight is 530 g/mol. The van der Waals surface area contributed by atoms with Crippen molar-refractivity contribution in [1.29, 1.82) is 0 Å². The Morgan fingerprint density at radius 2 is 1.76 bits per heavy atom. The maximum atomic E-state index is 13.7. The number of anilines is 2. The smallest absolute Gasteiger partial charge is 0.255 e. The lowest BCUT2D eigenvalue weighted by Crippen LogP contribution is -2.31. The first-order chi connectivity index (χ1) is 17.8. The third-order valence-electron chi connectivity index (χ3n) is 6.42. The number of nitrogens with zero attached hydrogens (tertiary/aromatic N) is 3. The van der Waals surface area contributed by atoms with Crippen molar-refractivity contribution < 1.29 is 4.79 Å². The molecule has 1 unspecified atom stereocenters. The van der Waals surface area contributed by atoms with Gasteiger partial charge in [-0.3, -0.25) is 4.79 Å². The molecule has 5 rings (SSSR count). The van der Waals surface area contributed by atoms with Crippen LogP contribution >= 0.6 is 23.4 Å². The number of aromatic nitrogens is 3. The van der Waals surface area contributed by atoms with Gasteiger partial charge in [0.1, 0.15) is 6.04 Å². The molecule has 2 heterocycles. The van der Waals surface area contributed by atoms with Crippen LogP contribution in [0.1, 0.15) is 40.8 Å². The van der Waals surface area contributed by atoms with E-state index >= 15 is 0 Å². The number of halogens is 1. The van der Waals surface area contributed by atoms with E-state index in [4.69, 9.17) is 21.7 Å². The Kier molecular flexibility index (Phi) is 7.09. The zero-order chi connectivity index (χ0) is 26.1. The van der Waals surface area contributed by atoms with E-state index < -0.39 is 6.04 Å². The largest absolute Gasteiger partial charge is 0.328 e. The van der Waals surface area contributed by atoms with E-state index in [0.717, 1.165) is 44.2 Å². The summed E-state index contributed by atoms with van der Waals surface area (Å²) in [6.45, 7) is 7.99. The maximum absolute atomic E-state index is 13.7. The fraction of sp³-hybridized carbons (Fsp3) is 0.207. The molecule has 1 amide bonds. The lowest BCUT2D eigenvalue weighted by atomic mass is 9.94. The molecule has 8 heteroatoms. The molecular formula is C29H28ClN5OS. The standard InChI is InChI=1S/C29H28ClN5OS/c1-17-9-12-21(13-10-17)26-25(27(36)32-24-14-11-18(2)15-19(24)3)20(4)31-28-33-29(34-35(26)28)37-16-22-7-5-6-8-23(22)30/h5-15,26H,16H2,1-4H3,(H,32,36)(H,31,33,34). The molecule has 0 radical (unpaired) electrons. The first kappa shape index (κ1) is 25.1. The van der Waals surface area contributed by atoms with Crippen molar-refractivity contribution in [1.82, 2.24) is 14.8 Å². The van der Waals surface area contributed by atoms with Gasteiger partial charge in [0.2, 0.25) is 11.1 Å². The number of fused-ring (bicyclic) bond motifs is 1. The summed E-state index contributed by atoms with van der Waals surface area (Å²) in [4.78, 5) is 18.5. The van der Waals surface area contributed by atoms with Gasteiger partial charge in [0.15, 0.2) is 0 Å². The highest BCUT2D eigenvalue weighted by Crippen LogP contribution is 2.37. The Morgan fingerprint density at radius 1 is 1.03 bits per heavy atom. The molecule has 0 aliphatic carbocycles. The minimum Gasteiger partial charge on any atom is -0.328 e. The second kappa shape index (κ2) is 10.4. The first-order valence-electron chi connectivity index (χ1n) is 12.1. The van der Waals surface area contributed by atoms with E-state index in [0.29, 0.717) is 22.4 Å². The molecule has 1 atom stereocenters. The predicted octanol–water partition coefficient (Wildman–Crippen LogP) is 7.08. The minimum absolute atomic E-state index is 0.172. The SMILES string of the molecule is CC1=C(C(=O)Nc2ccc(C)cc2C)C(c2ccc(C)cc2)n2nc(SCc3ccccc3Cl)nc2N1. The number of carbonyl (C=O) groups is 1. The van der Waals surface area contributed by atoms with Crippen molar-refractivity contribution >= 4 is 40.9 Å². The van der Waals surface area contributed by atoms with Crippen LogP contribution in [0, 0.1) is 20.8 Å². The van der Waals surface area contributed by atoms with Gasteiger partial charge in [-0.1, -0.05) is 89.1 Å². The third-order valence-corrected chi connectivity index (χ3v) is 7.67. The van der Waals surface area contributed by atoms with Crippen molar-refractivity contribution in [3.05, 3.63) is 111 Å². The number of nitrogens with one attached hydrogen (secondary N) is 2. The van der Waals surface area contributed by atoms with Gasteiger partial charge in [0.05, 0.1) is 5.57 Å². The Hall–Kier alpha value is -3.55. The number of rotatable bonds is 6. The normalized spacial score (nSPS) is 14.8. The van der Waals surface area contributed by atoms with E-state index in [1.807, 2.05) is 80.9 Å². The summed E-state index contributed by atoms with van der Waals surface area (Å²) in [7, 11) is 0. The van der Waals surface area contributed by atoms with Gasteiger partial charge in [-0.05, 0) is 56.5 Å². The van der Waals surface area contributed by atoms with Crippen molar-refractivity contribution in [3.8, 4) is 0 Å². The second-order valence-electron chi connectivity index (χ2n) is 9.29. The van der Waals surface area contributed by atoms with Crippen LogP contribution in [0.25, 0.3) is 0 Å². The zero-order valence-electron chi connectivity index (χ0n) is 21.2. The molecule has 3 aromatic carbocycles. The number of benzene rings is 3. The highest BCUT2D eigenvalue weighted by Gasteiger charge is 2.34. The molecule has 2 N–H and O–H groups in total. The summed E-state index contributed by atoms with van der Waals surface area (Å²) in [6.07, 6.45) is 0. The lowest BCUT2D eigenvalue weighted by Gasteiger charge is -2.29. The summed E-state index contributed by atoms with van der Waals surface area (Å²) >= 11 is 7.85. The molecule has 4 aromatic rings. The Bertz CT molecular complexity index is 1510. The number of carbonyl (C=O) groups excluding carboxylic acids is 1. The van der Waals surface area contributed by atoms with Crippen LogP contribution in [0.2, 0.25) is 5.02 Å². The zero-order valence-corrected chi connectivity index (χ0v) is 22.7. The van der Waals surface area contributed by atoms with Crippen LogP contribution in [0.5, 0.6) is 0 Å². The van der Waals surface area contributed by atoms with Crippen molar-refractivity contribution in [3.63, 3.8) is 0 Å². The monoisotopic (exact) mass is 529 g/mol. The topological polar surface area (TPSA) is 71.8 Å². The quantitative estimate of drug-likeness (QED) is 0.261. The summed E-state index contributed by atoms with van der Waals surface area (Å²) in [6, 6.07) is 21.5. The van der Waals surface area contributed by atoms with Crippen LogP contribution in [0.4, 0.5) is 11.6 Å². The molecule has 0 bridgehead atoms. The van der Waals surface area contributed by atoms with Crippen LogP contribution in [0.3, 0.4) is 0 Å². The molecule has 1 aliphatic rings. The van der Waals surface area contributed by atoms with Crippen LogP contribution in [-0.2, 0) is 10.5 Å². The number of amides is 1. The van der Waals surface area contributed by atoms with Crippen LogP contribution in [0.15, 0.2) is 83.2 Å². The van der Waals surface area contributed by atoms with E-state index in [2.05, 4.69) is 28.8 Å². The predicted molar refractivity (Wildman–Crippen MR) is 151 cm³/mol. The summed E-state index contributed by atoms with van der Waals surface area (Å²) in [5.41, 5.74) is 7.44. The molecular weight excluding hydrogens is 502 g/mol. The van der Waals surface area contributed by atoms with E-state index in [1.54, 1.807) is 0 Å². The van der Waals surface area contributed by atoms with Gasteiger partial charge in [0, 0.05) is 22.2 Å². The molecule has 188 valence electrons. The number of allylic oxidation sites excluding steroid dienone is 1. The number of aryl methyl sites for hydroxylation is 3. The highest BCUT2D eigenvalue weighted by atomic mass is 35.5. The third kappa shape index (κ3) is 5.29. The molecule has 0 fully saturated rings. The molecule has 1 aliphatic heterocycles. The van der Waals surface area contributed by atoms with Gasteiger partial charge in [-0.25, -0.2) is 4.68 Å². The van der Waals surface area contributed by atoms with Crippen LogP contribution < -0.4 is 10.6 Å². The fourth-order valence-electron chi connectivity index (χ4n) is 4.44. The lowest BCUT2D eigenvalue weighted by molar-refractivity contribution is -0.113. The van der Waals surface area contributed by atoms with E-state index in [9.17, 15) is 4.79 Å². The van der Waals surface area contributed by atoms with E-state index in [1.165, 1.54) is 11.8 Å². The Labute approximate surface area is 226 Å². The van der Waals surface area contributed by atoms with Gasteiger partial charge in [-0.15, -0.1) is 5.10 Å². The van der Waals surface area contributed by atoms with Gasteiger partial charge < -0.3 is 10.6 Å². The number of hydrogen-bond acceptors (Lipinski definition) is 5. The van der Waals surface area contributed by atoms with Crippen molar-refractivity contribution in [2.45, 2.75) is 44.6 Å². The van der Waals surface area contributed by atoms with Crippen molar-refractivity contribution in [2.24, 2.45) is 0 Å². The summed E-state index contributed by atoms with van der Waals surface area (Å²) in [5.74, 6) is 1.08. The second-order valence-corrected chi connectivity index (χ2v) is 10.6. The summed E-state index contributed by atoms with van der Waals surface area (Å²) < 4.78 is 1.81. The molecule has 0 saturated heterocycles. The van der Waals surface area contributed by atoms with Gasteiger partial charge in [-0.2, -0.15) is 4.98 Å². The molecule has 0 saturated carbocycles. The average Bonchev–Trinajstić information content (AvgIpc) is 3.27. The van der Waals surface area contributed by atoms with Gasteiger partial charge >= 0.3 is 0 Å². The van der Waals surface area contributed by atoms with Crippen LogP contribution in [-0.4, -0.2) is 20.7 Å². The van der Waals surface area contributed by atoms with Gasteiger partial charge in [0.25, 0.3) is 5.91 Å². The first-order valence-corrected chi connectivity index (χ1v) is 13.4. The Balaban J connectivity index is 1.50. The minimum atomic E-state index is -0.426. The van der Waals surface area contributed by atoms with Crippen molar-refractivity contribution in [2.75, 3.05) is 10.6 Å². The highest BCUT2D eigenvalue weighted by molar-refractivity contribution is 7.98. The molecule has 37 heavy (non-hydrogen) atoms. The molecule has 6 nitrogen and oxygen atoms in total. The molecule has 1 aromatic heterocycles.